The van der Waals surface area contributed by atoms with Gasteiger partial charge in [0.2, 0.25) is 0 Å². The van der Waals surface area contributed by atoms with E-state index in [9.17, 15) is 0 Å². The molecule has 0 radical (unpaired) electrons. The summed E-state index contributed by atoms with van der Waals surface area (Å²) >= 11 is 2.28. The van der Waals surface area contributed by atoms with Gasteiger partial charge in [0.15, 0.2) is 0 Å². The molecule has 0 fully saturated rings. The Kier molecular flexibility index (Phi) is 5.22. The number of para-hydroxylation sites is 2. The first-order valence-electron chi connectivity index (χ1n) is 6.46. The summed E-state index contributed by atoms with van der Waals surface area (Å²) in [4.78, 5) is 0. The molecule has 0 aliphatic carbocycles. The van der Waals surface area contributed by atoms with Crippen LogP contribution >= 0.6 is 22.6 Å². The molecule has 3 heteroatoms. The van der Waals surface area contributed by atoms with E-state index < -0.39 is 0 Å². The lowest BCUT2D eigenvalue weighted by Gasteiger charge is -2.14. The van der Waals surface area contributed by atoms with Crippen LogP contribution in [0.2, 0.25) is 0 Å². The third kappa shape index (κ3) is 3.94. The molecule has 0 aromatic heterocycles. The molecule has 2 nitrogen and oxygen atoms in total. The Morgan fingerprint density at radius 1 is 1.05 bits per heavy atom. The highest BCUT2D eigenvalue weighted by Crippen LogP contribution is 2.29. The summed E-state index contributed by atoms with van der Waals surface area (Å²) in [7, 11) is 0. The second-order valence-electron chi connectivity index (χ2n) is 4.51. The Labute approximate surface area is 128 Å². The molecule has 0 saturated carbocycles. The smallest absolute Gasteiger partial charge is 0.140 e. The van der Waals surface area contributed by atoms with E-state index in [2.05, 4.69) is 35.6 Å². The van der Waals surface area contributed by atoms with Crippen LogP contribution in [0.3, 0.4) is 0 Å². The molecule has 2 aromatic rings. The van der Waals surface area contributed by atoms with Gasteiger partial charge >= 0.3 is 0 Å². The summed E-state index contributed by atoms with van der Waals surface area (Å²) < 4.78 is 7.13. The molecule has 1 unspecified atom stereocenters. The van der Waals surface area contributed by atoms with Gasteiger partial charge in [0, 0.05) is 6.04 Å². The monoisotopic (exact) mass is 367 g/mol. The minimum atomic E-state index is 0.180. The van der Waals surface area contributed by atoms with Crippen molar-refractivity contribution < 1.29 is 4.74 Å². The molecule has 1 atom stereocenters. The second kappa shape index (κ2) is 6.91. The topological polar surface area (TPSA) is 35.2 Å². The van der Waals surface area contributed by atoms with Crippen molar-refractivity contribution in [3.63, 3.8) is 0 Å². The standard InChI is InChI=1S/C16H18INO/c1-2-13(18)11-12-7-3-5-9-15(12)19-16-10-6-4-8-14(16)17/h3-10,13H,2,11,18H2,1H3. The molecule has 0 spiro atoms. The average Bonchev–Trinajstić information content (AvgIpc) is 2.43. The molecular formula is C16H18INO. The lowest BCUT2D eigenvalue weighted by Crippen LogP contribution is -2.21. The van der Waals surface area contributed by atoms with E-state index in [4.69, 9.17) is 10.5 Å². The zero-order valence-corrected chi connectivity index (χ0v) is 13.1. The minimum Gasteiger partial charge on any atom is -0.456 e. The van der Waals surface area contributed by atoms with Gasteiger partial charge in [0.05, 0.1) is 3.57 Å². The Morgan fingerprint density at radius 2 is 1.68 bits per heavy atom. The number of hydrogen-bond acceptors (Lipinski definition) is 2. The predicted molar refractivity (Wildman–Crippen MR) is 87.6 cm³/mol. The number of nitrogens with two attached hydrogens (primary N) is 1. The lowest BCUT2D eigenvalue weighted by molar-refractivity contribution is 0.469. The molecule has 0 aliphatic rings. The Balaban J connectivity index is 2.23. The molecule has 100 valence electrons. The first-order chi connectivity index (χ1) is 9.20. The van der Waals surface area contributed by atoms with Crippen LogP contribution in [0.15, 0.2) is 48.5 Å². The summed E-state index contributed by atoms with van der Waals surface area (Å²) in [5.74, 6) is 1.79. The van der Waals surface area contributed by atoms with Crippen molar-refractivity contribution in [2.75, 3.05) is 0 Å². The van der Waals surface area contributed by atoms with E-state index in [-0.39, 0.29) is 6.04 Å². The van der Waals surface area contributed by atoms with Gasteiger partial charge in [-0.2, -0.15) is 0 Å². The minimum absolute atomic E-state index is 0.180. The fourth-order valence-corrected chi connectivity index (χ4v) is 2.34. The summed E-state index contributed by atoms with van der Waals surface area (Å²) in [6, 6.07) is 16.3. The van der Waals surface area contributed by atoms with Crippen molar-refractivity contribution >= 4 is 22.6 Å². The molecule has 0 saturated heterocycles. The molecule has 2 N–H and O–H groups in total. The Morgan fingerprint density at radius 3 is 2.37 bits per heavy atom. The van der Waals surface area contributed by atoms with Crippen molar-refractivity contribution in [2.45, 2.75) is 25.8 Å². The Hall–Kier alpha value is -1.07. The molecule has 0 heterocycles. The lowest BCUT2D eigenvalue weighted by atomic mass is 10.0. The first kappa shape index (κ1) is 14.3. The molecular weight excluding hydrogens is 349 g/mol. The predicted octanol–water partition coefficient (Wildman–Crippen LogP) is 4.36. The molecule has 2 aromatic carbocycles. The van der Waals surface area contributed by atoms with E-state index in [1.807, 2.05) is 42.5 Å². The van der Waals surface area contributed by atoms with Crippen molar-refractivity contribution in [3.8, 4) is 11.5 Å². The van der Waals surface area contributed by atoms with E-state index in [1.165, 1.54) is 0 Å². The zero-order chi connectivity index (χ0) is 13.7. The van der Waals surface area contributed by atoms with Gasteiger partial charge in [-0.1, -0.05) is 37.3 Å². The van der Waals surface area contributed by atoms with Crippen LogP contribution in [0.5, 0.6) is 11.5 Å². The third-order valence-electron chi connectivity index (χ3n) is 3.04. The summed E-state index contributed by atoms with van der Waals surface area (Å²) in [6.45, 7) is 2.11. The van der Waals surface area contributed by atoms with E-state index in [0.29, 0.717) is 0 Å². The average molecular weight is 367 g/mol. The SMILES string of the molecule is CCC(N)Cc1ccccc1Oc1ccccc1I. The number of hydrogen-bond donors (Lipinski definition) is 1. The quantitative estimate of drug-likeness (QED) is 0.797. The van der Waals surface area contributed by atoms with Gasteiger partial charge in [-0.3, -0.25) is 0 Å². The van der Waals surface area contributed by atoms with Crippen LogP contribution in [-0.4, -0.2) is 6.04 Å². The highest BCUT2D eigenvalue weighted by atomic mass is 127. The maximum atomic E-state index is 6.04. The number of benzene rings is 2. The van der Waals surface area contributed by atoms with E-state index in [0.717, 1.165) is 33.5 Å². The maximum Gasteiger partial charge on any atom is 0.140 e. The van der Waals surface area contributed by atoms with Crippen LogP contribution in [0.25, 0.3) is 0 Å². The molecule has 0 aliphatic heterocycles. The summed E-state index contributed by atoms with van der Waals surface area (Å²) in [5, 5.41) is 0. The van der Waals surface area contributed by atoms with Crippen LogP contribution in [0.4, 0.5) is 0 Å². The van der Waals surface area contributed by atoms with Crippen LogP contribution < -0.4 is 10.5 Å². The first-order valence-corrected chi connectivity index (χ1v) is 7.54. The van der Waals surface area contributed by atoms with Crippen molar-refractivity contribution in [1.82, 2.24) is 0 Å². The molecule has 2 rings (SSSR count). The van der Waals surface area contributed by atoms with Crippen molar-refractivity contribution in [1.29, 1.82) is 0 Å². The highest BCUT2D eigenvalue weighted by molar-refractivity contribution is 14.1. The van der Waals surface area contributed by atoms with Gasteiger partial charge < -0.3 is 10.5 Å². The maximum absolute atomic E-state index is 6.04. The molecule has 19 heavy (non-hydrogen) atoms. The van der Waals surface area contributed by atoms with Crippen LogP contribution in [0, 0.1) is 3.57 Å². The highest BCUT2D eigenvalue weighted by Gasteiger charge is 2.09. The van der Waals surface area contributed by atoms with Crippen LogP contribution in [0.1, 0.15) is 18.9 Å². The van der Waals surface area contributed by atoms with E-state index >= 15 is 0 Å². The van der Waals surface area contributed by atoms with E-state index in [1.54, 1.807) is 0 Å². The number of ether oxygens (including phenoxy) is 1. The number of rotatable bonds is 5. The Bertz CT molecular complexity index is 542. The number of halogens is 1. The van der Waals surface area contributed by atoms with Crippen LogP contribution in [-0.2, 0) is 6.42 Å². The van der Waals surface area contributed by atoms with Gasteiger partial charge in [0.25, 0.3) is 0 Å². The largest absolute Gasteiger partial charge is 0.456 e. The fraction of sp³-hybridized carbons (Fsp3) is 0.250. The zero-order valence-electron chi connectivity index (χ0n) is 11.0. The second-order valence-corrected chi connectivity index (χ2v) is 5.67. The van der Waals surface area contributed by atoms with Gasteiger partial charge in [-0.25, -0.2) is 0 Å². The fourth-order valence-electron chi connectivity index (χ4n) is 1.84. The normalized spacial score (nSPS) is 12.2. The van der Waals surface area contributed by atoms with Gasteiger partial charge in [0.1, 0.15) is 11.5 Å². The third-order valence-corrected chi connectivity index (χ3v) is 3.93. The van der Waals surface area contributed by atoms with Gasteiger partial charge in [-0.05, 0) is 59.2 Å². The molecule has 0 amide bonds. The molecule has 0 bridgehead atoms. The summed E-state index contributed by atoms with van der Waals surface area (Å²) in [5.41, 5.74) is 7.20. The van der Waals surface area contributed by atoms with Gasteiger partial charge in [-0.15, -0.1) is 0 Å². The van der Waals surface area contributed by atoms with Crippen molar-refractivity contribution in [2.24, 2.45) is 5.73 Å². The van der Waals surface area contributed by atoms with Crippen molar-refractivity contribution in [3.05, 3.63) is 57.7 Å². The summed E-state index contributed by atoms with van der Waals surface area (Å²) in [6.07, 6.45) is 1.81.